The van der Waals surface area contributed by atoms with Crippen molar-refractivity contribution in [2.75, 3.05) is 20.8 Å². The number of likely N-dealkylation sites (N-methyl/N-ethyl adjacent to an activating group) is 1. The van der Waals surface area contributed by atoms with Crippen LogP contribution in [0.25, 0.3) is 11.1 Å². The van der Waals surface area contributed by atoms with Crippen LogP contribution in [0.5, 0.6) is 23.0 Å². The Kier molecular flexibility index (Phi) is 14.0. The molecule has 0 aromatic heterocycles. The van der Waals surface area contributed by atoms with Gasteiger partial charge < -0.3 is 80.1 Å². The van der Waals surface area contributed by atoms with Crippen molar-refractivity contribution >= 4 is 29.4 Å². The summed E-state index contributed by atoms with van der Waals surface area (Å²) in [4.78, 5) is 67.0. The lowest BCUT2D eigenvalue weighted by atomic mass is 9.74. The van der Waals surface area contributed by atoms with E-state index in [1.807, 2.05) is 0 Å². The summed E-state index contributed by atoms with van der Waals surface area (Å²) >= 11 is 0. The van der Waals surface area contributed by atoms with Crippen LogP contribution in [0.15, 0.2) is 48.5 Å². The van der Waals surface area contributed by atoms with Crippen molar-refractivity contribution in [1.29, 1.82) is 0 Å². The van der Waals surface area contributed by atoms with Gasteiger partial charge in [-0.2, -0.15) is 0 Å². The highest BCUT2D eigenvalue weighted by Gasteiger charge is 2.52. The number of hydrogen-bond donors (Lipinski definition) is 11. The molecule has 2 saturated heterocycles. The van der Waals surface area contributed by atoms with Crippen LogP contribution in [0, 0.1) is 6.92 Å². The zero-order valence-electron chi connectivity index (χ0n) is 38.7. The number of carbonyl (C=O) groups excluding carboxylic acids is 3. The second-order valence-corrected chi connectivity index (χ2v) is 18.1. The number of aliphatic carboxylic acids is 2. The number of aromatic hydroxyl groups is 3. The Balaban J connectivity index is 1.22. The van der Waals surface area contributed by atoms with Gasteiger partial charge in [0.2, 0.25) is 0 Å². The molecule has 4 aromatic rings. The largest absolute Gasteiger partial charge is 0.507 e. The summed E-state index contributed by atoms with van der Waals surface area (Å²) in [5.74, 6) is -7.83. The number of aliphatic hydroxyl groups excluding tert-OH is 5. The summed E-state index contributed by atoms with van der Waals surface area (Å²) < 4.78 is 29.8. The molecule has 2 fully saturated rings. The number of phenolic OH excluding ortho intramolecular Hbond substituents is 3. The standard InChI is InChI=1S/C49H52N2O20/c1-17-10-26-33(40(60)30(17)46(64)50-18(2)47(65)66)32-24(14-25-34(41(32)61)37(57)23-12-22(67-5)13-27(52)31(23)36(25)56)38(58)44(26)70-49-43(63)45(71-48-42(62)39(59)28(53)16-68-48)35(19(3)69-49)51(4)15-21-8-6-20(7-9-21)11-29(54)55/h6-10,12-14,18-19,28,35,38-39,42-45,48-49,52-53,58-63H,11,15-16H2,1-5H3,(H,50,64)(H,54,55)(H,65,66)/t18?,19?,28?,35?,38-,39?,42?,43?,44-,45?,48?,49?/m0/s1. The third kappa shape index (κ3) is 9.07. The number of methoxy groups -OCH3 is 1. The SMILES string of the molecule is COc1cc(O)c2c(c1)C(=O)c1c(cc3c(c1O)-c1c(cc(C)c(C(=O)NC(C)C(=O)O)c1O)[C@H](OC1OC(C)C(N(C)Cc4ccc(CC(=O)O)cc4)C(OC4OCC(O)C(O)C4O)C1O)[C@H]3O)C2=O. The maximum atomic E-state index is 14.2. The maximum absolute atomic E-state index is 14.2. The number of aliphatic hydroxyl groups is 5. The first-order valence-electron chi connectivity index (χ1n) is 22.3. The highest BCUT2D eigenvalue weighted by atomic mass is 16.7. The summed E-state index contributed by atoms with van der Waals surface area (Å²) in [7, 11) is 2.92. The minimum absolute atomic E-state index is 0.00134. The molecule has 8 rings (SSSR count). The molecule has 0 spiro atoms. The van der Waals surface area contributed by atoms with Crippen molar-refractivity contribution in [2.24, 2.45) is 0 Å². The highest BCUT2D eigenvalue weighted by molar-refractivity contribution is 6.31. The minimum Gasteiger partial charge on any atom is -0.507 e. The van der Waals surface area contributed by atoms with E-state index in [0.717, 1.165) is 12.1 Å². The number of nitrogens with one attached hydrogen (secondary N) is 1. The van der Waals surface area contributed by atoms with Gasteiger partial charge in [-0.05, 0) is 67.8 Å². The topological polar surface area (TPSA) is 349 Å². The lowest BCUT2D eigenvalue weighted by molar-refractivity contribution is -0.346. The molecule has 0 bridgehead atoms. The van der Waals surface area contributed by atoms with Gasteiger partial charge in [0.15, 0.2) is 24.1 Å². The van der Waals surface area contributed by atoms with Crippen molar-refractivity contribution < 1.29 is 98.7 Å². The Morgan fingerprint density at radius 1 is 0.803 bits per heavy atom. The third-order valence-corrected chi connectivity index (χ3v) is 13.4. The van der Waals surface area contributed by atoms with Crippen LogP contribution in [-0.2, 0) is 41.5 Å². The van der Waals surface area contributed by atoms with Gasteiger partial charge in [0.05, 0.1) is 49.0 Å². The fourth-order valence-electron chi connectivity index (χ4n) is 9.82. The Hall–Kier alpha value is -6.57. The maximum Gasteiger partial charge on any atom is 0.325 e. The van der Waals surface area contributed by atoms with Crippen molar-refractivity contribution in [3.05, 3.63) is 104 Å². The van der Waals surface area contributed by atoms with E-state index in [9.17, 15) is 75.0 Å². The van der Waals surface area contributed by atoms with E-state index in [4.69, 9.17) is 23.7 Å². The smallest absolute Gasteiger partial charge is 0.325 e. The molecule has 378 valence electrons. The lowest BCUT2D eigenvalue weighted by Gasteiger charge is -2.49. The fraction of sp³-hybridized carbons (Fsp3) is 0.408. The summed E-state index contributed by atoms with van der Waals surface area (Å²) in [5.41, 5.74) is -2.39. The molecule has 10 unspecified atom stereocenters. The molecule has 1 amide bonds. The number of ketones is 2. The average Bonchev–Trinajstić information content (AvgIpc) is 3.30. The number of phenols is 3. The summed E-state index contributed by atoms with van der Waals surface area (Å²) in [6.45, 7) is 3.85. The van der Waals surface area contributed by atoms with Gasteiger partial charge in [-0.3, -0.25) is 28.9 Å². The Labute approximate surface area is 403 Å². The number of fused-ring (bicyclic) bond motifs is 5. The first kappa shape index (κ1) is 50.8. The van der Waals surface area contributed by atoms with Gasteiger partial charge in [-0.25, -0.2) is 0 Å². The predicted molar refractivity (Wildman–Crippen MR) is 241 cm³/mol. The number of carboxylic acid groups (broad SMARTS) is 2. The predicted octanol–water partition coefficient (Wildman–Crippen LogP) is 0.928. The number of hydrogen-bond acceptors (Lipinski definition) is 19. The first-order chi connectivity index (χ1) is 33.5. The van der Waals surface area contributed by atoms with Crippen molar-refractivity contribution in [3.63, 3.8) is 0 Å². The summed E-state index contributed by atoms with van der Waals surface area (Å²) in [5, 5.41) is 113. The van der Waals surface area contributed by atoms with Gasteiger partial charge >= 0.3 is 11.9 Å². The molecule has 2 aliphatic carbocycles. The highest BCUT2D eigenvalue weighted by Crippen LogP contribution is 2.57. The van der Waals surface area contributed by atoms with E-state index in [2.05, 4.69) is 5.32 Å². The van der Waals surface area contributed by atoms with E-state index in [-0.39, 0.29) is 41.0 Å². The van der Waals surface area contributed by atoms with Crippen LogP contribution >= 0.6 is 0 Å². The molecular formula is C49H52N2O20. The van der Waals surface area contributed by atoms with Crippen LogP contribution < -0.4 is 10.1 Å². The number of aryl methyl sites for hydroxylation is 1. The zero-order chi connectivity index (χ0) is 51.7. The Morgan fingerprint density at radius 3 is 2.08 bits per heavy atom. The first-order valence-corrected chi connectivity index (χ1v) is 22.3. The average molecular weight is 989 g/mol. The second kappa shape index (κ2) is 19.6. The van der Waals surface area contributed by atoms with Gasteiger partial charge in [-0.15, -0.1) is 0 Å². The quantitative estimate of drug-likeness (QED) is 0.0781. The number of rotatable bonds is 13. The molecule has 2 aliphatic heterocycles. The minimum atomic E-state index is -1.96. The number of ether oxygens (including phenoxy) is 5. The van der Waals surface area contributed by atoms with E-state index in [0.29, 0.717) is 11.1 Å². The number of nitrogens with zero attached hydrogens (tertiary/aromatic N) is 1. The van der Waals surface area contributed by atoms with Crippen LogP contribution in [0.2, 0.25) is 0 Å². The zero-order valence-corrected chi connectivity index (χ0v) is 38.7. The van der Waals surface area contributed by atoms with Gasteiger partial charge in [0.25, 0.3) is 5.91 Å². The van der Waals surface area contributed by atoms with Gasteiger partial charge in [-0.1, -0.05) is 30.3 Å². The molecule has 2 heterocycles. The molecule has 4 aliphatic rings. The fourth-order valence-corrected chi connectivity index (χ4v) is 9.82. The monoisotopic (exact) mass is 988 g/mol. The van der Waals surface area contributed by atoms with Crippen LogP contribution in [0.3, 0.4) is 0 Å². The summed E-state index contributed by atoms with van der Waals surface area (Å²) in [6.07, 6.45) is -16.6. The molecule has 22 nitrogen and oxygen atoms in total. The van der Waals surface area contributed by atoms with E-state index in [1.54, 1.807) is 43.1 Å². The van der Waals surface area contributed by atoms with Crippen molar-refractivity contribution in [3.8, 4) is 34.1 Å². The normalized spacial score (nSPS) is 27.2. The molecule has 0 radical (unpaired) electrons. The molecular weight excluding hydrogens is 937 g/mol. The molecule has 4 aromatic carbocycles. The second-order valence-electron chi connectivity index (χ2n) is 18.1. The lowest BCUT2D eigenvalue weighted by Crippen LogP contribution is -2.65. The number of carboxylic acids is 2. The van der Waals surface area contributed by atoms with Gasteiger partial charge in [0.1, 0.15) is 71.8 Å². The van der Waals surface area contributed by atoms with E-state index >= 15 is 0 Å². The molecule has 71 heavy (non-hydrogen) atoms. The number of amides is 1. The number of benzene rings is 4. The third-order valence-electron chi connectivity index (χ3n) is 13.4. The number of carbonyl (C=O) groups is 5. The van der Waals surface area contributed by atoms with Crippen LogP contribution in [0.4, 0.5) is 0 Å². The Bertz CT molecular complexity index is 2820. The van der Waals surface area contributed by atoms with E-state index in [1.165, 1.54) is 33.1 Å². The van der Waals surface area contributed by atoms with Gasteiger partial charge in [0, 0.05) is 34.9 Å². The molecule has 11 N–H and O–H groups in total. The van der Waals surface area contributed by atoms with Crippen LogP contribution in [-0.4, -0.2) is 167 Å². The molecule has 22 heteroatoms. The molecule has 0 saturated carbocycles. The van der Waals surface area contributed by atoms with Crippen molar-refractivity contribution in [2.45, 2.75) is 107 Å². The van der Waals surface area contributed by atoms with Crippen molar-refractivity contribution in [1.82, 2.24) is 10.2 Å². The Morgan fingerprint density at radius 2 is 1.44 bits per heavy atom. The van der Waals surface area contributed by atoms with E-state index < -0.39 is 160 Å². The molecule has 12 atom stereocenters. The van der Waals surface area contributed by atoms with Crippen LogP contribution in [0.1, 0.15) is 96.1 Å². The summed E-state index contributed by atoms with van der Waals surface area (Å²) in [6, 6.07) is 8.95.